The third kappa shape index (κ3) is 138. The molecule has 0 aromatic carbocycles. The first kappa shape index (κ1) is 46.4. The fourth-order valence-electron chi connectivity index (χ4n) is 0.722. The smallest absolute Gasteiger partial charge is 0.854 e. The third-order valence-electron chi connectivity index (χ3n) is 2.49. The Balaban J connectivity index is -0.0000000364. The Morgan fingerprint density at radius 3 is 0.481 bits per heavy atom. The first-order valence-corrected chi connectivity index (χ1v) is 9.98. The Hall–Kier alpha value is 1.14. The molecule has 0 spiro atoms. The predicted octanol–water partition coefficient (Wildman–Crippen LogP) is 0.351. The standard InChI is InChI=1S/5C4H9O.Mn.Sb/c5*1-2-3-4-5;;/h5*2-4H2,1H3;;/q5*-1;+2;+3. The van der Waals surface area contributed by atoms with Gasteiger partial charge < -0.3 is 25.5 Å². The summed E-state index contributed by atoms with van der Waals surface area (Å²) in [4.78, 5) is 0. The molecular formula is C20H45MnO5Sb. The van der Waals surface area contributed by atoms with Crippen LogP contribution in [0.2, 0.25) is 0 Å². The Morgan fingerprint density at radius 2 is 0.481 bits per heavy atom. The number of rotatable bonds is 10. The van der Waals surface area contributed by atoms with E-state index in [1.807, 2.05) is 34.6 Å². The van der Waals surface area contributed by atoms with E-state index < -0.39 is 0 Å². The van der Waals surface area contributed by atoms with Gasteiger partial charge in [-0.15, -0.1) is 33.0 Å². The van der Waals surface area contributed by atoms with Gasteiger partial charge in [0.15, 0.2) is 0 Å². The molecule has 7 heteroatoms. The summed E-state index contributed by atoms with van der Waals surface area (Å²) in [5, 5.41) is 47.6. The van der Waals surface area contributed by atoms with Gasteiger partial charge in [0.2, 0.25) is 0 Å². The van der Waals surface area contributed by atoms with Crippen LogP contribution in [0.4, 0.5) is 0 Å². The van der Waals surface area contributed by atoms with Gasteiger partial charge in [0.1, 0.15) is 0 Å². The molecule has 0 aliphatic heterocycles. The van der Waals surface area contributed by atoms with Gasteiger partial charge in [-0.2, -0.15) is 0 Å². The molecule has 0 aliphatic carbocycles. The van der Waals surface area contributed by atoms with Crippen molar-refractivity contribution in [3.05, 3.63) is 0 Å². The molecule has 0 fully saturated rings. The van der Waals surface area contributed by atoms with Crippen molar-refractivity contribution in [2.45, 2.75) is 98.8 Å². The summed E-state index contributed by atoms with van der Waals surface area (Å²) in [6, 6.07) is 0. The zero-order chi connectivity index (χ0) is 20.6. The first-order valence-electron chi connectivity index (χ1n) is 9.98. The van der Waals surface area contributed by atoms with Crippen LogP contribution in [0.25, 0.3) is 0 Å². The van der Waals surface area contributed by atoms with Gasteiger partial charge in [0.05, 0.1) is 0 Å². The fourth-order valence-corrected chi connectivity index (χ4v) is 0.722. The van der Waals surface area contributed by atoms with E-state index in [4.69, 9.17) is 0 Å². The molecule has 0 rings (SSSR count). The quantitative estimate of drug-likeness (QED) is 0.370. The minimum Gasteiger partial charge on any atom is -0.854 e. The molecule has 5 nitrogen and oxygen atoms in total. The van der Waals surface area contributed by atoms with E-state index in [0.29, 0.717) is 0 Å². The molecule has 167 valence electrons. The largest absolute Gasteiger partial charge is 3.00 e. The van der Waals surface area contributed by atoms with E-state index in [0.717, 1.165) is 64.2 Å². The number of hydrogen-bond donors (Lipinski definition) is 0. The van der Waals surface area contributed by atoms with Gasteiger partial charge in [0, 0.05) is 0 Å². The van der Waals surface area contributed by atoms with Crippen molar-refractivity contribution in [2.24, 2.45) is 0 Å². The summed E-state index contributed by atoms with van der Waals surface area (Å²) in [6.07, 6.45) is 9.32. The molecule has 0 atom stereocenters. The number of hydrogen-bond acceptors (Lipinski definition) is 5. The van der Waals surface area contributed by atoms with Gasteiger partial charge in [-0.05, 0) is 0 Å². The van der Waals surface area contributed by atoms with Crippen LogP contribution >= 0.6 is 0 Å². The fraction of sp³-hybridized carbons (Fsp3) is 1.00. The van der Waals surface area contributed by atoms with Crippen molar-refractivity contribution in [1.82, 2.24) is 0 Å². The van der Waals surface area contributed by atoms with Crippen LogP contribution in [-0.4, -0.2) is 57.5 Å². The van der Waals surface area contributed by atoms with Gasteiger partial charge in [-0.25, -0.2) is 0 Å². The van der Waals surface area contributed by atoms with Gasteiger partial charge in [0.25, 0.3) is 0 Å². The maximum Gasteiger partial charge on any atom is 3.00 e. The molecule has 0 bridgehead atoms. The Kier molecular flexibility index (Phi) is 122. The second-order valence-corrected chi connectivity index (χ2v) is 5.29. The van der Waals surface area contributed by atoms with Gasteiger partial charge in [-0.1, -0.05) is 98.8 Å². The first-order chi connectivity index (χ1) is 12.1. The summed E-state index contributed by atoms with van der Waals surface area (Å²) in [5.41, 5.74) is 0. The molecule has 0 amide bonds. The summed E-state index contributed by atoms with van der Waals surface area (Å²) in [5.74, 6) is 0. The monoisotopic (exact) mass is 541 g/mol. The number of unbranched alkanes of at least 4 members (excludes halogenated alkanes) is 5. The zero-order valence-corrected chi connectivity index (χ0v) is 22.2. The molecule has 27 heavy (non-hydrogen) atoms. The van der Waals surface area contributed by atoms with Crippen LogP contribution in [-0.2, 0) is 17.1 Å². The van der Waals surface area contributed by atoms with Crippen LogP contribution in [0.15, 0.2) is 0 Å². The zero-order valence-electron chi connectivity index (χ0n) is 18.5. The second-order valence-electron chi connectivity index (χ2n) is 5.29. The van der Waals surface area contributed by atoms with E-state index in [-0.39, 0.29) is 74.5 Å². The molecule has 3 radical (unpaired) electrons. The average Bonchev–Trinajstić information content (AvgIpc) is 2.61. The Bertz CT molecular complexity index is 103. The van der Waals surface area contributed by atoms with E-state index >= 15 is 0 Å². The van der Waals surface area contributed by atoms with Crippen LogP contribution in [0.1, 0.15) is 98.8 Å². The minimum atomic E-state index is 0. The van der Waals surface area contributed by atoms with Crippen LogP contribution in [0.3, 0.4) is 0 Å². The van der Waals surface area contributed by atoms with Crippen molar-refractivity contribution in [2.75, 3.05) is 33.0 Å². The summed E-state index contributed by atoms with van der Waals surface area (Å²) >= 11 is 0. The van der Waals surface area contributed by atoms with E-state index in [1.54, 1.807) is 0 Å². The molecule has 0 aromatic heterocycles. The molecule has 0 saturated carbocycles. The Labute approximate surface area is 198 Å². The third-order valence-corrected chi connectivity index (χ3v) is 2.49. The van der Waals surface area contributed by atoms with Crippen LogP contribution in [0.5, 0.6) is 0 Å². The second kappa shape index (κ2) is 71.2. The topological polar surface area (TPSA) is 115 Å². The summed E-state index contributed by atoms with van der Waals surface area (Å²) < 4.78 is 0. The SMILES string of the molecule is CCCC[O-].CCCC[O-].CCCC[O-].CCCC[O-].CCCC[O-].[Mn+2].[Sb+3]. The van der Waals surface area contributed by atoms with E-state index in [9.17, 15) is 25.5 Å². The molecule has 0 aliphatic rings. The molecule has 0 unspecified atom stereocenters. The minimum absolute atomic E-state index is 0. The predicted molar refractivity (Wildman–Crippen MR) is 105 cm³/mol. The maximum atomic E-state index is 9.53. The van der Waals surface area contributed by atoms with Crippen molar-refractivity contribution < 1.29 is 42.6 Å². The normalized spacial score (nSPS) is 7.78. The Morgan fingerprint density at radius 1 is 0.370 bits per heavy atom. The van der Waals surface area contributed by atoms with E-state index in [2.05, 4.69) is 0 Å². The maximum absolute atomic E-state index is 9.53. The van der Waals surface area contributed by atoms with Crippen molar-refractivity contribution in [3.8, 4) is 0 Å². The van der Waals surface area contributed by atoms with Crippen molar-refractivity contribution in [1.29, 1.82) is 0 Å². The van der Waals surface area contributed by atoms with Crippen molar-refractivity contribution in [3.63, 3.8) is 0 Å². The van der Waals surface area contributed by atoms with E-state index in [1.165, 1.54) is 0 Å². The van der Waals surface area contributed by atoms with Crippen molar-refractivity contribution >= 4 is 24.4 Å². The molecule has 0 heterocycles. The molecule has 0 aromatic rings. The van der Waals surface area contributed by atoms with Gasteiger partial charge in [-0.3, -0.25) is 0 Å². The van der Waals surface area contributed by atoms with Gasteiger partial charge >= 0.3 is 41.5 Å². The van der Waals surface area contributed by atoms with Crippen LogP contribution < -0.4 is 25.5 Å². The molecular weight excluding hydrogens is 497 g/mol. The average molecular weight is 542 g/mol. The summed E-state index contributed by atoms with van der Waals surface area (Å²) in [6.45, 7) is 10.5. The summed E-state index contributed by atoms with van der Waals surface area (Å²) in [7, 11) is 0. The molecule has 0 N–H and O–H groups in total. The van der Waals surface area contributed by atoms with Crippen LogP contribution in [0, 0.1) is 0 Å². The molecule has 0 saturated heterocycles.